The van der Waals surface area contributed by atoms with Crippen molar-refractivity contribution in [2.45, 2.75) is 12.5 Å². The van der Waals surface area contributed by atoms with Gasteiger partial charge in [-0.3, -0.25) is 25.8 Å². The van der Waals surface area contributed by atoms with Gasteiger partial charge in [-0.05, 0) is 18.2 Å². The highest BCUT2D eigenvalue weighted by Crippen LogP contribution is 2.22. The maximum atomic E-state index is 13.2. The highest BCUT2D eigenvalue weighted by atomic mass is 19.1. The summed E-state index contributed by atoms with van der Waals surface area (Å²) in [6.07, 6.45) is -0.748. The van der Waals surface area contributed by atoms with Crippen LogP contribution in [0.15, 0.2) is 53.7 Å². The van der Waals surface area contributed by atoms with E-state index in [1.807, 2.05) is 0 Å². The highest BCUT2D eigenvalue weighted by molar-refractivity contribution is 6.04. The van der Waals surface area contributed by atoms with Crippen molar-refractivity contribution in [2.24, 2.45) is 5.16 Å². The number of oxime groups is 1. The van der Waals surface area contributed by atoms with Crippen LogP contribution >= 0.6 is 0 Å². The molecule has 0 bridgehead atoms. The third-order valence-corrected chi connectivity index (χ3v) is 3.54. The molecule has 1 amide bonds. The monoisotopic (exact) mass is 344 g/mol. The SMILES string of the molecule is O=C(NNc1ccccc1[N+](=O)[O-])[C@@H]1CC(c2cccc(F)c2)=NO1. The Hall–Kier alpha value is -3.49. The number of carbonyl (C=O) groups is 1. The molecule has 1 aliphatic heterocycles. The second kappa shape index (κ2) is 6.95. The minimum Gasteiger partial charge on any atom is -0.382 e. The number of rotatable bonds is 5. The van der Waals surface area contributed by atoms with Crippen molar-refractivity contribution in [3.63, 3.8) is 0 Å². The van der Waals surface area contributed by atoms with Crippen molar-refractivity contribution >= 4 is 23.0 Å². The average molecular weight is 344 g/mol. The number of anilines is 1. The fourth-order valence-corrected chi connectivity index (χ4v) is 2.30. The minimum absolute atomic E-state index is 0.144. The standard InChI is InChI=1S/C16H13FN4O4/c17-11-5-3-4-10(8-11)13-9-15(25-20-13)16(22)19-18-12-6-1-2-7-14(12)21(23)24/h1-8,15,18H,9H2,(H,19,22)/t15-/m0/s1. The van der Waals surface area contributed by atoms with Gasteiger partial charge in [0.1, 0.15) is 11.5 Å². The molecule has 1 heterocycles. The first-order valence-corrected chi connectivity index (χ1v) is 7.32. The number of nitro groups is 1. The number of hydrazine groups is 1. The number of hydrogen-bond donors (Lipinski definition) is 2. The van der Waals surface area contributed by atoms with Gasteiger partial charge in [0, 0.05) is 18.1 Å². The van der Waals surface area contributed by atoms with Crippen LogP contribution in [0.4, 0.5) is 15.8 Å². The molecule has 8 nitrogen and oxygen atoms in total. The number of amides is 1. The van der Waals surface area contributed by atoms with Gasteiger partial charge < -0.3 is 4.84 Å². The predicted octanol–water partition coefficient (Wildman–Crippen LogP) is 2.37. The molecule has 0 unspecified atom stereocenters. The number of nitrogens with one attached hydrogen (secondary N) is 2. The fraction of sp³-hybridized carbons (Fsp3) is 0.125. The normalized spacial score (nSPS) is 15.9. The first-order valence-electron chi connectivity index (χ1n) is 7.32. The average Bonchev–Trinajstić information content (AvgIpc) is 3.10. The lowest BCUT2D eigenvalue weighted by Crippen LogP contribution is -2.38. The summed E-state index contributed by atoms with van der Waals surface area (Å²) in [5, 5.41) is 14.7. The van der Waals surface area contributed by atoms with Crippen LogP contribution < -0.4 is 10.9 Å². The van der Waals surface area contributed by atoms with Gasteiger partial charge >= 0.3 is 0 Å². The van der Waals surface area contributed by atoms with E-state index in [9.17, 15) is 19.3 Å². The van der Waals surface area contributed by atoms with Gasteiger partial charge in [-0.1, -0.05) is 29.4 Å². The van der Waals surface area contributed by atoms with Crippen molar-refractivity contribution in [3.05, 3.63) is 70.0 Å². The maximum absolute atomic E-state index is 13.2. The summed E-state index contributed by atoms with van der Waals surface area (Å²) >= 11 is 0. The van der Waals surface area contributed by atoms with Gasteiger partial charge in [-0.15, -0.1) is 0 Å². The zero-order valence-corrected chi connectivity index (χ0v) is 12.8. The smallest absolute Gasteiger partial charge is 0.294 e. The largest absolute Gasteiger partial charge is 0.382 e. The molecule has 0 aromatic heterocycles. The molecule has 0 saturated heterocycles. The van der Waals surface area contributed by atoms with E-state index in [-0.39, 0.29) is 17.8 Å². The van der Waals surface area contributed by atoms with E-state index in [2.05, 4.69) is 16.0 Å². The van der Waals surface area contributed by atoms with Crippen molar-refractivity contribution in [2.75, 3.05) is 5.43 Å². The summed E-state index contributed by atoms with van der Waals surface area (Å²) in [5.74, 6) is -0.959. The van der Waals surface area contributed by atoms with Crippen molar-refractivity contribution in [1.29, 1.82) is 0 Å². The van der Waals surface area contributed by atoms with Crippen LogP contribution in [-0.4, -0.2) is 22.6 Å². The van der Waals surface area contributed by atoms with Crippen LogP contribution in [-0.2, 0) is 9.63 Å². The second-order valence-corrected chi connectivity index (χ2v) is 5.24. The van der Waals surface area contributed by atoms with Gasteiger partial charge in [0.2, 0.25) is 6.10 Å². The molecule has 2 N–H and O–H groups in total. The molecular weight excluding hydrogens is 331 g/mol. The Bertz CT molecular complexity index is 856. The maximum Gasteiger partial charge on any atom is 0.294 e. The van der Waals surface area contributed by atoms with Crippen molar-refractivity contribution in [3.8, 4) is 0 Å². The van der Waals surface area contributed by atoms with Crippen molar-refractivity contribution < 1.29 is 18.9 Å². The second-order valence-electron chi connectivity index (χ2n) is 5.24. The summed E-state index contributed by atoms with van der Waals surface area (Å²) in [7, 11) is 0. The number of carbonyl (C=O) groups excluding carboxylic acids is 1. The first-order chi connectivity index (χ1) is 12.0. The lowest BCUT2D eigenvalue weighted by molar-refractivity contribution is -0.384. The van der Waals surface area contributed by atoms with Gasteiger partial charge in [0.15, 0.2) is 0 Å². The third kappa shape index (κ3) is 3.71. The van der Waals surface area contributed by atoms with E-state index in [1.165, 1.54) is 36.4 Å². The molecule has 9 heteroatoms. The summed E-state index contributed by atoms with van der Waals surface area (Å²) in [6, 6.07) is 11.7. The lowest BCUT2D eigenvalue weighted by atomic mass is 10.0. The molecule has 0 aliphatic carbocycles. The molecule has 1 aliphatic rings. The first kappa shape index (κ1) is 16.4. The van der Waals surface area contributed by atoms with Crippen LogP contribution in [0.25, 0.3) is 0 Å². The number of benzene rings is 2. The van der Waals surface area contributed by atoms with E-state index in [4.69, 9.17) is 4.84 Å². The number of nitrogens with zero attached hydrogens (tertiary/aromatic N) is 2. The summed E-state index contributed by atoms with van der Waals surface area (Å²) in [5.41, 5.74) is 5.81. The number of halogens is 1. The Morgan fingerprint density at radius 3 is 2.84 bits per heavy atom. The molecule has 0 spiro atoms. The van der Waals surface area contributed by atoms with E-state index in [0.29, 0.717) is 11.3 Å². The van der Waals surface area contributed by atoms with Crippen LogP contribution in [0, 0.1) is 15.9 Å². The van der Waals surface area contributed by atoms with E-state index >= 15 is 0 Å². The summed E-state index contributed by atoms with van der Waals surface area (Å²) < 4.78 is 13.2. The Morgan fingerprint density at radius 1 is 1.28 bits per heavy atom. The van der Waals surface area contributed by atoms with E-state index in [1.54, 1.807) is 12.1 Å². The Balaban J connectivity index is 1.60. The highest BCUT2D eigenvalue weighted by Gasteiger charge is 2.29. The van der Waals surface area contributed by atoms with E-state index < -0.39 is 22.8 Å². The minimum atomic E-state index is -0.909. The van der Waals surface area contributed by atoms with Crippen molar-refractivity contribution in [1.82, 2.24) is 5.43 Å². The summed E-state index contributed by atoms with van der Waals surface area (Å²) in [6.45, 7) is 0. The zero-order valence-electron chi connectivity index (χ0n) is 12.8. The molecule has 2 aromatic carbocycles. The van der Waals surface area contributed by atoms with Gasteiger partial charge in [0.05, 0.1) is 10.6 Å². The number of nitro benzene ring substituents is 1. The van der Waals surface area contributed by atoms with Crippen LogP contribution in [0.1, 0.15) is 12.0 Å². The van der Waals surface area contributed by atoms with Crippen LogP contribution in [0.3, 0.4) is 0 Å². The number of para-hydroxylation sites is 2. The van der Waals surface area contributed by atoms with Gasteiger partial charge in [0.25, 0.3) is 11.6 Å². The van der Waals surface area contributed by atoms with Gasteiger partial charge in [-0.25, -0.2) is 4.39 Å². The molecule has 0 saturated carbocycles. The molecule has 3 rings (SSSR count). The topological polar surface area (TPSA) is 106 Å². The zero-order chi connectivity index (χ0) is 17.8. The third-order valence-electron chi connectivity index (χ3n) is 3.54. The molecule has 2 aromatic rings. The van der Waals surface area contributed by atoms with Crippen LogP contribution in [0.5, 0.6) is 0 Å². The molecule has 0 fully saturated rings. The summed E-state index contributed by atoms with van der Waals surface area (Å²) in [4.78, 5) is 27.6. The number of hydrogen-bond acceptors (Lipinski definition) is 6. The van der Waals surface area contributed by atoms with Crippen LogP contribution in [0.2, 0.25) is 0 Å². The predicted molar refractivity (Wildman–Crippen MR) is 87.3 cm³/mol. The Morgan fingerprint density at radius 2 is 2.08 bits per heavy atom. The molecule has 128 valence electrons. The van der Waals surface area contributed by atoms with Gasteiger partial charge in [-0.2, -0.15) is 0 Å². The molecular formula is C16H13FN4O4. The lowest BCUT2D eigenvalue weighted by Gasteiger charge is -2.11. The molecule has 25 heavy (non-hydrogen) atoms. The Labute approximate surface area is 141 Å². The van der Waals surface area contributed by atoms with E-state index in [0.717, 1.165) is 0 Å². The molecule has 1 atom stereocenters. The Kier molecular flexibility index (Phi) is 4.55. The molecule has 0 radical (unpaired) electrons. The quantitative estimate of drug-likeness (QED) is 0.640. The fourth-order valence-electron chi connectivity index (χ4n) is 2.30.